The first kappa shape index (κ1) is 14.6. The molecule has 0 fully saturated rings. The van der Waals surface area contributed by atoms with Crippen LogP contribution in [0.3, 0.4) is 0 Å². The maximum atomic E-state index is 12.3. The maximum Gasteiger partial charge on any atom is 0.335 e. The number of aryl methyl sites for hydroxylation is 1. The summed E-state index contributed by atoms with van der Waals surface area (Å²) in [5.74, 6) is -1.46. The summed E-state index contributed by atoms with van der Waals surface area (Å²) < 4.78 is 0. The normalized spacial score (nSPS) is 10.2. The number of carboxylic acid groups (broad SMARTS) is 1. The van der Waals surface area contributed by atoms with Crippen LogP contribution in [0.2, 0.25) is 0 Å². The molecule has 0 atom stereocenters. The Morgan fingerprint density at radius 2 is 1.67 bits per heavy atom. The van der Waals surface area contributed by atoms with Crippen LogP contribution in [0.4, 0.5) is 5.69 Å². The number of carbonyl (C=O) groups is 2. The Labute approximate surface area is 122 Å². The molecule has 0 aliphatic carbocycles. The predicted molar refractivity (Wildman–Crippen MR) is 79.0 cm³/mol. The molecule has 0 bridgehead atoms. The van der Waals surface area contributed by atoms with E-state index in [1.54, 1.807) is 31.3 Å². The van der Waals surface area contributed by atoms with Gasteiger partial charge in [0.15, 0.2) is 0 Å². The van der Waals surface area contributed by atoms with E-state index >= 15 is 0 Å². The predicted octanol–water partition coefficient (Wildman–Crippen LogP) is 2.68. The molecule has 2 aromatic rings. The van der Waals surface area contributed by atoms with Crippen LogP contribution in [0.15, 0.2) is 42.5 Å². The zero-order chi connectivity index (χ0) is 15.6. The number of benzene rings is 2. The number of aromatic carboxylic acids is 1. The smallest absolute Gasteiger partial charge is 0.335 e. The van der Waals surface area contributed by atoms with Gasteiger partial charge in [-0.3, -0.25) is 4.79 Å². The number of nitrogens with zero attached hydrogens (tertiary/aromatic N) is 1. The molecule has 0 aromatic heterocycles. The van der Waals surface area contributed by atoms with Crippen molar-refractivity contribution in [3.63, 3.8) is 0 Å². The van der Waals surface area contributed by atoms with Crippen molar-refractivity contribution in [3.05, 3.63) is 59.2 Å². The van der Waals surface area contributed by atoms with Crippen LogP contribution in [0, 0.1) is 6.92 Å². The second-order valence-electron chi connectivity index (χ2n) is 4.74. The van der Waals surface area contributed by atoms with Crippen molar-refractivity contribution in [3.8, 4) is 5.75 Å². The van der Waals surface area contributed by atoms with Gasteiger partial charge in [0.1, 0.15) is 5.75 Å². The van der Waals surface area contributed by atoms with Gasteiger partial charge in [-0.1, -0.05) is 6.07 Å². The van der Waals surface area contributed by atoms with Crippen LogP contribution < -0.4 is 4.90 Å². The van der Waals surface area contributed by atoms with E-state index in [2.05, 4.69) is 0 Å². The summed E-state index contributed by atoms with van der Waals surface area (Å²) in [5, 5.41) is 18.7. The molecule has 0 unspecified atom stereocenters. The number of hydrogen-bond acceptors (Lipinski definition) is 3. The Bertz CT molecular complexity index is 692. The van der Waals surface area contributed by atoms with Gasteiger partial charge in [-0.15, -0.1) is 0 Å². The lowest BCUT2D eigenvalue weighted by Gasteiger charge is -2.18. The van der Waals surface area contributed by atoms with Gasteiger partial charge in [0.2, 0.25) is 0 Å². The minimum absolute atomic E-state index is 0.0750. The molecule has 0 aliphatic rings. The van der Waals surface area contributed by atoms with E-state index in [9.17, 15) is 14.7 Å². The number of phenols is 1. The van der Waals surface area contributed by atoms with Gasteiger partial charge < -0.3 is 15.1 Å². The molecule has 5 nitrogen and oxygen atoms in total. The van der Waals surface area contributed by atoms with Crippen molar-refractivity contribution < 1.29 is 19.8 Å². The molecule has 108 valence electrons. The lowest BCUT2D eigenvalue weighted by Crippen LogP contribution is -2.26. The molecule has 1 amide bonds. The monoisotopic (exact) mass is 285 g/mol. The second-order valence-corrected chi connectivity index (χ2v) is 4.74. The first-order chi connectivity index (χ1) is 9.90. The molecule has 0 spiro atoms. The van der Waals surface area contributed by atoms with Gasteiger partial charge in [-0.25, -0.2) is 4.79 Å². The summed E-state index contributed by atoms with van der Waals surface area (Å²) in [7, 11) is 1.57. The number of phenolic OH excluding ortho intramolecular Hbond substituents is 1. The molecular formula is C16H15NO4. The molecule has 5 heteroatoms. The van der Waals surface area contributed by atoms with E-state index in [0.29, 0.717) is 5.69 Å². The van der Waals surface area contributed by atoms with Crippen LogP contribution in [0.5, 0.6) is 5.75 Å². The topological polar surface area (TPSA) is 77.8 Å². The molecule has 0 saturated heterocycles. The maximum absolute atomic E-state index is 12.3. The number of amides is 1. The van der Waals surface area contributed by atoms with E-state index in [1.165, 1.54) is 23.1 Å². The van der Waals surface area contributed by atoms with Crippen molar-refractivity contribution in [2.75, 3.05) is 11.9 Å². The number of carboxylic acids is 1. The fraction of sp³-hybridized carbons (Fsp3) is 0.125. The van der Waals surface area contributed by atoms with Crippen LogP contribution in [-0.4, -0.2) is 29.1 Å². The Morgan fingerprint density at radius 3 is 2.19 bits per heavy atom. The molecular weight excluding hydrogens is 270 g/mol. The average Bonchev–Trinajstić information content (AvgIpc) is 2.46. The summed E-state index contributed by atoms with van der Waals surface area (Å²) in [6, 6.07) is 10.8. The highest BCUT2D eigenvalue weighted by Gasteiger charge is 2.17. The van der Waals surface area contributed by atoms with E-state index < -0.39 is 5.97 Å². The van der Waals surface area contributed by atoms with Gasteiger partial charge in [0.05, 0.1) is 11.1 Å². The third kappa shape index (κ3) is 3.02. The minimum atomic E-state index is -1.02. The largest absolute Gasteiger partial charge is 0.507 e. The van der Waals surface area contributed by atoms with E-state index in [0.717, 1.165) is 5.56 Å². The molecule has 2 rings (SSSR count). The van der Waals surface area contributed by atoms with Crippen molar-refractivity contribution in [1.29, 1.82) is 0 Å². The zero-order valence-electron chi connectivity index (χ0n) is 11.7. The van der Waals surface area contributed by atoms with Crippen LogP contribution in [-0.2, 0) is 0 Å². The fourth-order valence-electron chi connectivity index (χ4n) is 1.95. The number of anilines is 1. The fourth-order valence-corrected chi connectivity index (χ4v) is 1.95. The molecule has 0 saturated carbocycles. The second kappa shape index (κ2) is 5.66. The van der Waals surface area contributed by atoms with Gasteiger partial charge >= 0.3 is 5.97 Å². The lowest BCUT2D eigenvalue weighted by atomic mass is 10.1. The van der Waals surface area contributed by atoms with Gasteiger partial charge in [-0.2, -0.15) is 0 Å². The van der Waals surface area contributed by atoms with Gasteiger partial charge in [0, 0.05) is 12.7 Å². The highest BCUT2D eigenvalue weighted by molar-refractivity contribution is 6.07. The Kier molecular flexibility index (Phi) is 3.93. The summed E-state index contributed by atoms with van der Waals surface area (Å²) in [4.78, 5) is 24.5. The number of rotatable bonds is 3. The van der Waals surface area contributed by atoms with E-state index in [4.69, 9.17) is 5.11 Å². The molecule has 0 aliphatic heterocycles. The summed E-state index contributed by atoms with van der Waals surface area (Å²) >= 11 is 0. The average molecular weight is 285 g/mol. The highest BCUT2D eigenvalue weighted by Crippen LogP contribution is 2.23. The van der Waals surface area contributed by atoms with Crippen molar-refractivity contribution in [2.45, 2.75) is 6.92 Å². The summed E-state index contributed by atoms with van der Waals surface area (Å²) in [5.41, 5.74) is 1.76. The molecule has 21 heavy (non-hydrogen) atoms. The van der Waals surface area contributed by atoms with Gasteiger partial charge in [0.25, 0.3) is 5.91 Å². The Morgan fingerprint density at radius 1 is 1.05 bits per heavy atom. The number of carbonyl (C=O) groups excluding carboxylic acids is 1. The van der Waals surface area contributed by atoms with Crippen LogP contribution in [0.25, 0.3) is 0 Å². The molecule has 0 heterocycles. The van der Waals surface area contributed by atoms with Crippen molar-refractivity contribution in [2.24, 2.45) is 0 Å². The zero-order valence-corrected chi connectivity index (χ0v) is 11.7. The Balaban J connectivity index is 2.28. The van der Waals surface area contributed by atoms with Gasteiger partial charge in [-0.05, 0) is 48.9 Å². The number of aromatic hydroxyl groups is 1. The summed E-state index contributed by atoms with van der Waals surface area (Å²) in [6.07, 6.45) is 0. The quantitative estimate of drug-likeness (QED) is 0.908. The number of hydrogen-bond donors (Lipinski definition) is 2. The van der Waals surface area contributed by atoms with Crippen LogP contribution >= 0.6 is 0 Å². The third-order valence-electron chi connectivity index (χ3n) is 3.19. The van der Waals surface area contributed by atoms with Crippen LogP contribution in [0.1, 0.15) is 26.3 Å². The SMILES string of the molecule is Cc1ccc(C(=O)N(C)c2ccc(C(=O)O)cc2)c(O)c1. The molecule has 2 aromatic carbocycles. The van der Waals surface area contributed by atoms with Crippen molar-refractivity contribution >= 4 is 17.6 Å². The molecule has 0 radical (unpaired) electrons. The first-order valence-corrected chi connectivity index (χ1v) is 6.31. The van der Waals surface area contributed by atoms with E-state index in [-0.39, 0.29) is 22.8 Å². The van der Waals surface area contributed by atoms with E-state index in [1.807, 2.05) is 6.92 Å². The molecule has 2 N–H and O–H groups in total. The minimum Gasteiger partial charge on any atom is -0.507 e. The van der Waals surface area contributed by atoms with Crippen molar-refractivity contribution in [1.82, 2.24) is 0 Å². The summed E-state index contributed by atoms with van der Waals surface area (Å²) in [6.45, 7) is 1.82. The highest BCUT2D eigenvalue weighted by atomic mass is 16.4. The first-order valence-electron chi connectivity index (χ1n) is 6.31. The lowest BCUT2D eigenvalue weighted by molar-refractivity contribution is 0.0696. The Hall–Kier alpha value is -2.82. The third-order valence-corrected chi connectivity index (χ3v) is 3.19. The standard InChI is InChI=1S/C16H15NO4/c1-10-3-8-13(14(18)9-10)15(19)17(2)12-6-4-11(5-7-12)16(20)21/h3-9,18H,1-2H3,(H,20,21).